The molecule has 0 fully saturated rings. The van der Waals surface area contributed by atoms with E-state index in [4.69, 9.17) is 4.74 Å². The summed E-state index contributed by atoms with van der Waals surface area (Å²) in [5.74, 6) is -2.00. The molecule has 1 aromatic rings. The van der Waals surface area contributed by atoms with Crippen molar-refractivity contribution in [3.8, 4) is 5.75 Å². The van der Waals surface area contributed by atoms with Gasteiger partial charge in [0.15, 0.2) is 0 Å². The van der Waals surface area contributed by atoms with Crippen LogP contribution in [0.5, 0.6) is 5.75 Å². The van der Waals surface area contributed by atoms with Gasteiger partial charge < -0.3 is 25.0 Å². The standard InChI is InChI=1S/C18H26FN3O5/c1-12(24)22(10-16(25)21(3)4)18(2,11-23)17(26)20-9-13-14(19)7-6-8-15(13)27-5/h6-8,23H,9-11H2,1-5H3,(H,20,26). The van der Waals surface area contributed by atoms with Crippen molar-refractivity contribution in [3.63, 3.8) is 0 Å². The van der Waals surface area contributed by atoms with Crippen LogP contribution in [0.15, 0.2) is 18.2 Å². The van der Waals surface area contributed by atoms with E-state index >= 15 is 0 Å². The Hall–Kier alpha value is -2.68. The van der Waals surface area contributed by atoms with Gasteiger partial charge >= 0.3 is 0 Å². The van der Waals surface area contributed by atoms with E-state index in [0.29, 0.717) is 0 Å². The van der Waals surface area contributed by atoms with E-state index in [1.165, 1.54) is 52.1 Å². The molecule has 1 rings (SSSR count). The Kier molecular flexibility index (Phi) is 7.71. The number of hydrogen-bond acceptors (Lipinski definition) is 5. The summed E-state index contributed by atoms with van der Waals surface area (Å²) in [7, 11) is 4.41. The summed E-state index contributed by atoms with van der Waals surface area (Å²) < 4.78 is 19.1. The highest BCUT2D eigenvalue weighted by molar-refractivity contribution is 5.93. The summed E-state index contributed by atoms with van der Waals surface area (Å²) in [5.41, 5.74) is -1.57. The second-order valence-electron chi connectivity index (χ2n) is 6.43. The van der Waals surface area contributed by atoms with E-state index in [2.05, 4.69) is 5.32 Å². The van der Waals surface area contributed by atoms with Crippen LogP contribution >= 0.6 is 0 Å². The number of carbonyl (C=O) groups is 3. The number of benzene rings is 1. The number of nitrogens with zero attached hydrogens (tertiary/aromatic N) is 2. The van der Waals surface area contributed by atoms with Crippen molar-refractivity contribution in [2.24, 2.45) is 0 Å². The second-order valence-corrected chi connectivity index (χ2v) is 6.43. The summed E-state index contributed by atoms with van der Waals surface area (Å²) in [6, 6.07) is 4.25. The maximum Gasteiger partial charge on any atom is 0.248 e. The number of carbonyl (C=O) groups excluding carboxylic acids is 3. The smallest absolute Gasteiger partial charge is 0.248 e. The third kappa shape index (κ3) is 5.16. The quantitative estimate of drug-likeness (QED) is 0.665. The molecule has 0 aliphatic carbocycles. The van der Waals surface area contributed by atoms with Crippen LogP contribution in [0, 0.1) is 5.82 Å². The van der Waals surface area contributed by atoms with Gasteiger partial charge in [0.05, 0.1) is 13.7 Å². The highest BCUT2D eigenvalue weighted by atomic mass is 19.1. The molecule has 8 nitrogen and oxygen atoms in total. The maximum absolute atomic E-state index is 14.0. The fourth-order valence-corrected chi connectivity index (χ4v) is 2.45. The van der Waals surface area contributed by atoms with Crippen molar-refractivity contribution in [1.29, 1.82) is 0 Å². The van der Waals surface area contributed by atoms with Crippen LogP contribution in [0.25, 0.3) is 0 Å². The topological polar surface area (TPSA) is 99.2 Å². The van der Waals surface area contributed by atoms with E-state index in [1.807, 2.05) is 0 Å². The molecule has 2 N–H and O–H groups in total. The van der Waals surface area contributed by atoms with E-state index in [9.17, 15) is 23.9 Å². The van der Waals surface area contributed by atoms with Crippen LogP contribution < -0.4 is 10.1 Å². The summed E-state index contributed by atoms with van der Waals surface area (Å²) in [6.45, 7) is 1.23. The molecule has 0 aliphatic rings. The minimum absolute atomic E-state index is 0.132. The van der Waals surface area contributed by atoms with Gasteiger partial charge in [-0.1, -0.05) is 6.07 Å². The molecule has 1 aromatic carbocycles. The van der Waals surface area contributed by atoms with Gasteiger partial charge in [0, 0.05) is 33.1 Å². The lowest BCUT2D eigenvalue weighted by Crippen LogP contribution is -2.62. The fraction of sp³-hybridized carbons (Fsp3) is 0.500. The van der Waals surface area contributed by atoms with Crippen LogP contribution in [-0.4, -0.2) is 72.5 Å². The Labute approximate surface area is 157 Å². The molecular weight excluding hydrogens is 357 g/mol. The summed E-state index contributed by atoms with van der Waals surface area (Å²) >= 11 is 0. The molecule has 1 atom stereocenters. The third-order valence-electron chi connectivity index (χ3n) is 4.29. The Morgan fingerprint density at radius 2 is 1.93 bits per heavy atom. The molecule has 0 saturated carbocycles. The molecule has 3 amide bonds. The Bertz CT molecular complexity index is 710. The molecule has 27 heavy (non-hydrogen) atoms. The molecule has 0 aromatic heterocycles. The minimum atomic E-state index is -1.70. The van der Waals surface area contributed by atoms with Crippen LogP contribution in [0.1, 0.15) is 19.4 Å². The highest BCUT2D eigenvalue weighted by Gasteiger charge is 2.41. The Balaban J connectivity index is 3.05. The van der Waals surface area contributed by atoms with Gasteiger partial charge in [-0.25, -0.2) is 4.39 Å². The van der Waals surface area contributed by atoms with Crippen LogP contribution in [0.2, 0.25) is 0 Å². The van der Waals surface area contributed by atoms with Gasteiger partial charge in [-0.15, -0.1) is 0 Å². The third-order valence-corrected chi connectivity index (χ3v) is 4.29. The van der Waals surface area contributed by atoms with Crippen LogP contribution in [0.4, 0.5) is 4.39 Å². The first-order chi connectivity index (χ1) is 12.6. The van der Waals surface area contributed by atoms with Crippen molar-refractivity contribution >= 4 is 17.7 Å². The van der Waals surface area contributed by atoms with Crippen LogP contribution in [-0.2, 0) is 20.9 Å². The molecule has 0 spiro atoms. The summed E-state index contributed by atoms with van der Waals surface area (Å²) in [6.07, 6.45) is 0. The minimum Gasteiger partial charge on any atom is -0.496 e. The van der Waals surface area contributed by atoms with Crippen molar-refractivity contribution in [3.05, 3.63) is 29.6 Å². The number of halogens is 1. The van der Waals surface area contributed by atoms with Gasteiger partial charge in [0.2, 0.25) is 17.7 Å². The molecule has 150 valence electrons. The lowest BCUT2D eigenvalue weighted by molar-refractivity contribution is -0.152. The zero-order valence-electron chi connectivity index (χ0n) is 16.2. The number of aliphatic hydroxyl groups excluding tert-OH is 1. The second kappa shape index (κ2) is 9.31. The van der Waals surface area contributed by atoms with Crippen molar-refractivity contribution in [1.82, 2.24) is 15.1 Å². The molecule has 9 heteroatoms. The zero-order valence-corrected chi connectivity index (χ0v) is 16.2. The lowest BCUT2D eigenvalue weighted by atomic mass is 9.98. The first kappa shape index (κ1) is 22.4. The first-order valence-electron chi connectivity index (χ1n) is 8.27. The summed E-state index contributed by atoms with van der Waals surface area (Å²) in [4.78, 5) is 39.0. The number of likely N-dealkylation sites (N-methyl/N-ethyl adjacent to an activating group) is 1. The van der Waals surface area contributed by atoms with Crippen molar-refractivity contribution in [2.75, 3.05) is 34.4 Å². The van der Waals surface area contributed by atoms with Gasteiger partial charge in [-0.2, -0.15) is 0 Å². The predicted molar refractivity (Wildman–Crippen MR) is 96.4 cm³/mol. The van der Waals surface area contributed by atoms with Gasteiger partial charge in [-0.3, -0.25) is 14.4 Å². The van der Waals surface area contributed by atoms with E-state index < -0.39 is 35.7 Å². The van der Waals surface area contributed by atoms with Crippen molar-refractivity contribution < 1.29 is 28.6 Å². The van der Waals surface area contributed by atoms with E-state index in [0.717, 1.165) is 4.90 Å². The fourth-order valence-electron chi connectivity index (χ4n) is 2.45. The summed E-state index contributed by atoms with van der Waals surface area (Å²) in [5, 5.41) is 12.3. The molecule has 1 unspecified atom stereocenters. The van der Waals surface area contributed by atoms with Crippen LogP contribution in [0.3, 0.4) is 0 Å². The average molecular weight is 383 g/mol. The van der Waals surface area contributed by atoms with E-state index in [1.54, 1.807) is 6.07 Å². The highest BCUT2D eigenvalue weighted by Crippen LogP contribution is 2.22. The number of rotatable bonds is 8. The lowest BCUT2D eigenvalue weighted by Gasteiger charge is -2.38. The number of aliphatic hydroxyl groups is 1. The zero-order chi connectivity index (χ0) is 20.8. The average Bonchev–Trinajstić information content (AvgIpc) is 2.63. The number of amides is 3. The number of methoxy groups -OCH3 is 1. The molecule has 0 saturated heterocycles. The molecular formula is C18H26FN3O5. The monoisotopic (exact) mass is 383 g/mol. The normalized spacial score (nSPS) is 12.7. The number of ether oxygens (including phenoxy) is 1. The Morgan fingerprint density at radius 3 is 2.41 bits per heavy atom. The molecule has 0 bridgehead atoms. The first-order valence-corrected chi connectivity index (χ1v) is 8.27. The van der Waals surface area contributed by atoms with E-state index in [-0.39, 0.29) is 24.4 Å². The number of nitrogens with one attached hydrogen (secondary N) is 1. The predicted octanol–water partition coefficient (Wildman–Crippen LogP) is 0.138. The molecule has 0 radical (unpaired) electrons. The van der Waals surface area contributed by atoms with Crippen molar-refractivity contribution in [2.45, 2.75) is 25.9 Å². The maximum atomic E-state index is 14.0. The van der Waals surface area contributed by atoms with Gasteiger partial charge in [-0.05, 0) is 19.1 Å². The largest absolute Gasteiger partial charge is 0.496 e. The molecule has 0 heterocycles. The van der Waals surface area contributed by atoms with Gasteiger partial charge in [0.1, 0.15) is 23.7 Å². The molecule has 0 aliphatic heterocycles. The van der Waals surface area contributed by atoms with Gasteiger partial charge in [0.25, 0.3) is 0 Å². The number of hydrogen-bond donors (Lipinski definition) is 2. The Morgan fingerprint density at radius 1 is 1.30 bits per heavy atom. The SMILES string of the molecule is COc1cccc(F)c1CNC(=O)C(C)(CO)N(CC(=O)N(C)C)C(C)=O.